The fourth-order valence-electron chi connectivity index (χ4n) is 2.53. The molecule has 2 aromatic heterocycles. The third-order valence-electron chi connectivity index (χ3n) is 3.58. The van der Waals surface area contributed by atoms with Crippen molar-refractivity contribution in [3.8, 4) is 0 Å². The molecule has 3 rings (SSSR count). The van der Waals surface area contributed by atoms with Crippen molar-refractivity contribution in [2.24, 2.45) is 0 Å². The summed E-state index contributed by atoms with van der Waals surface area (Å²) in [5.41, 5.74) is 0.822. The molecule has 0 unspecified atom stereocenters. The zero-order chi connectivity index (χ0) is 12.4. The molecule has 0 atom stereocenters. The minimum Gasteiger partial charge on any atom is -0.355 e. The molecule has 0 saturated carbocycles. The second-order valence-electron chi connectivity index (χ2n) is 4.96. The molecule has 0 radical (unpaired) electrons. The number of aromatic nitrogens is 4. The molecule has 1 fully saturated rings. The summed E-state index contributed by atoms with van der Waals surface area (Å²) < 4.78 is 1.83. The zero-order valence-electron chi connectivity index (χ0n) is 10.8. The van der Waals surface area contributed by atoms with Gasteiger partial charge in [-0.05, 0) is 31.9 Å². The van der Waals surface area contributed by atoms with Gasteiger partial charge in [0, 0.05) is 13.1 Å². The van der Waals surface area contributed by atoms with Crippen molar-refractivity contribution in [2.45, 2.75) is 39.0 Å². The van der Waals surface area contributed by atoms with Crippen LogP contribution in [-0.4, -0.2) is 32.9 Å². The predicted molar refractivity (Wildman–Crippen MR) is 70.8 cm³/mol. The standard InChI is InChI=1S/C13H19N5/c1-11-14-15-12-7-8-13(16-18(11)12)17-9-5-3-2-4-6-10-17/h7-8H,2-6,9-10H2,1H3. The van der Waals surface area contributed by atoms with E-state index in [9.17, 15) is 0 Å². The van der Waals surface area contributed by atoms with Gasteiger partial charge in [0.2, 0.25) is 0 Å². The second kappa shape index (κ2) is 4.92. The summed E-state index contributed by atoms with van der Waals surface area (Å²) in [6.07, 6.45) is 6.58. The van der Waals surface area contributed by atoms with Crippen LogP contribution < -0.4 is 4.90 Å². The van der Waals surface area contributed by atoms with Gasteiger partial charge >= 0.3 is 0 Å². The van der Waals surface area contributed by atoms with Gasteiger partial charge in [-0.1, -0.05) is 19.3 Å². The van der Waals surface area contributed by atoms with E-state index in [0.29, 0.717) is 0 Å². The van der Waals surface area contributed by atoms with Gasteiger partial charge in [0.25, 0.3) is 0 Å². The van der Waals surface area contributed by atoms with E-state index in [-0.39, 0.29) is 0 Å². The van der Waals surface area contributed by atoms with Crippen molar-refractivity contribution in [1.82, 2.24) is 19.8 Å². The van der Waals surface area contributed by atoms with Gasteiger partial charge in [0.15, 0.2) is 11.5 Å². The summed E-state index contributed by atoms with van der Waals surface area (Å²) in [4.78, 5) is 2.39. The molecule has 5 nitrogen and oxygen atoms in total. The maximum absolute atomic E-state index is 4.65. The molecule has 5 heteroatoms. The largest absolute Gasteiger partial charge is 0.355 e. The average molecular weight is 245 g/mol. The highest BCUT2D eigenvalue weighted by molar-refractivity contribution is 5.45. The van der Waals surface area contributed by atoms with E-state index < -0.39 is 0 Å². The molecule has 3 heterocycles. The number of rotatable bonds is 1. The third-order valence-corrected chi connectivity index (χ3v) is 3.58. The van der Waals surface area contributed by atoms with Crippen molar-refractivity contribution in [2.75, 3.05) is 18.0 Å². The Morgan fingerprint density at radius 2 is 1.67 bits per heavy atom. The summed E-state index contributed by atoms with van der Waals surface area (Å²) in [7, 11) is 0. The number of nitrogens with zero attached hydrogens (tertiary/aromatic N) is 5. The van der Waals surface area contributed by atoms with Gasteiger partial charge in [-0.2, -0.15) is 4.52 Å². The molecule has 96 valence electrons. The summed E-state index contributed by atoms with van der Waals surface area (Å²) in [6.45, 7) is 4.16. The van der Waals surface area contributed by atoms with Crippen LogP contribution in [-0.2, 0) is 0 Å². The first-order chi connectivity index (χ1) is 8.84. The molecule has 0 amide bonds. The van der Waals surface area contributed by atoms with Crippen molar-refractivity contribution >= 4 is 11.5 Å². The normalized spacial score (nSPS) is 17.7. The highest BCUT2D eigenvalue weighted by atomic mass is 15.4. The lowest BCUT2D eigenvalue weighted by molar-refractivity contribution is 0.551. The van der Waals surface area contributed by atoms with Gasteiger partial charge < -0.3 is 4.90 Å². The van der Waals surface area contributed by atoms with Gasteiger partial charge in [0.1, 0.15) is 5.82 Å². The summed E-state index contributed by atoms with van der Waals surface area (Å²) in [6, 6.07) is 4.06. The Morgan fingerprint density at radius 1 is 0.944 bits per heavy atom. The Balaban J connectivity index is 1.89. The quantitative estimate of drug-likeness (QED) is 0.772. The van der Waals surface area contributed by atoms with E-state index in [1.54, 1.807) is 0 Å². The third kappa shape index (κ3) is 2.17. The van der Waals surface area contributed by atoms with Crippen molar-refractivity contribution < 1.29 is 0 Å². The van der Waals surface area contributed by atoms with Crippen molar-refractivity contribution in [3.63, 3.8) is 0 Å². The Bertz CT molecular complexity index is 525. The lowest BCUT2D eigenvalue weighted by Gasteiger charge is -2.25. The Morgan fingerprint density at radius 3 is 2.44 bits per heavy atom. The van der Waals surface area contributed by atoms with Crippen LogP contribution in [0.15, 0.2) is 12.1 Å². The van der Waals surface area contributed by atoms with Crippen LogP contribution in [0.3, 0.4) is 0 Å². The highest BCUT2D eigenvalue weighted by Crippen LogP contribution is 2.17. The number of hydrogen-bond acceptors (Lipinski definition) is 4. The van der Waals surface area contributed by atoms with Gasteiger partial charge in [-0.15, -0.1) is 15.3 Å². The summed E-state index contributed by atoms with van der Waals surface area (Å²) in [5, 5.41) is 12.8. The first-order valence-corrected chi connectivity index (χ1v) is 6.78. The average Bonchev–Trinajstić information content (AvgIpc) is 2.70. The minimum atomic E-state index is 0.822. The van der Waals surface area contributed by atoms with Crippen LogP contribution in [0.25, 0.3) is 5.65 Å². The number of hydrogen-bond donors (Lipinski definition) is 0. The topological polar surface area (TPSA) is 46.3 Å². The van der Waals surface area contributed by atoms with E-state index in [0.717, 1.165) is 30.4 Å². The molecule has 18 heavy (non-hydrogen) atoms. The van der Waals surface area contributed by atoms with E-state index in [1.807, 2.05) is 17.5 Å². The molecule has 0 spiro atoms. The van der Waals surface area contributed by atoms with Crippen molar-refractivity contribution in [3.05, 3.63) is 18.0 Å². The highest BCUT2D eigenvalue weighted by Gasteiger charge is 2.12. The van der Waals surface area contributed by atoms with E-state index >= 15 is 0 Å². The fourth-order valence-corrected chi connectivity index (χ4v) is 2.53. The van der Waals surface area contributed by atoms with Crippen LogP contribution >= 0.6 is 0 Å². The fraction of sp³-hybridized carbons (Fsp3) is 0.615. The Hall–Kier alpha value is -1.65. The molecule has 0 aromatic carbocycles. The SMILES string of the molecule is Cc1nnc2ccc(N3CCCCCCC3)nn12. The molecule has 0 aliphatic carbocycles. The van der Waals surface area contributed by atoms with Crippen LogP contribution in [0.1, 0.15) is 37.9 Å². The first kappa shape index (κ1) is 11.4. The maximum atomic E-state index is 4.65. The lowest BCUT2D eigenvalue weighted by atomic mass is 10.1. The molecule has 2 aromatic rings. The summed E-state index contributed by atoms with van der Waals surface area (Å²) in [5.74, 6) is 1.89. The Kier molecular flexibility index (Phi) is 3.13. The molecular formula is C13H19N5. The van der Waals surface area contributed by atoms with Crippen LogP contribution in [0, 0.1) is 6.92 Å². The minimum absolute atomic E-state index is 0.822. The molecule has 1 saturated heterocycles. The molecule has 1 aliphatic heterocycles. The second-order valence-corrected chi connectivity index (χ2v) is 4.96. The monoisotopic (exact) mass is 245 g/mol. The smallest absolute Gasteiger partial charge is 0.178 e. The van der Waals surface area contributed by atoms with Crippen molar-refractivity contribution in [1.29, 1.82) is 0 Å². The number of fused-ring (bicyclic) bond motifs is 1. The first-order valence-electron chi connectivity index (χ1n) is 6.78. The van der Waals surface area contributed by atoms with Crippen LogP contribution in [0.4, 0.5) is 5.82 Å². The Labute approximate surface area is 107 Å². The van der Waals surface area contributed by atoms with E-state index in [2.05, 4.69) is 26.3 Å². The molecule has 1 aliphatic rings. The van der Waals surface area contributed by atoms with E-state index in [4.69, 9.17) is 0 Å². The van der Waals surface area contributed by atoms with Crippen LogP contribution in [0.2, 0.25) is 0 Å². The van der Waals surface area contributed by atoms with Gasteiger partial charge in [0.05, 0.1) is 0 Å². The predicted octanol–water partition coefficient (Wildman–Crippen LogP) is 2.20. The summed E-state index contributed by atoms with van der Waals surface area (Å²) >= 11 is 0. The maximum Gasteiger partial charge on any atom is 0.178 e. The van der Waals surface area contributed by atoms with Gasteiger partial charge in [-0.25, -0.2) is 0 Å². The van der Waals surface area contributed by atoms with Gasteiger partial charge in [-0.3, -0.25) is 0 Å². The van der Waals surface area contributed by atoms with E-state index in [1.165, 1.54) is 32.1 Å². The number of aryl methyl sites for hydroxylation is 1. The molecular weight excluding hydrogens is 226 g/mol. The number of anilines is 1. The lowest BCUT2D eigenvalue weighted by Crippen LogP contribution is -2.28. The van der Waals surface area contributed by atoms with Crippen LogP contribution in [0.5, 0.6) is 0 Å². The zero-order valence-corrected chi connectivity index (χ0v) is 10.8. The molecule has 0 bridgehead atoms. The molecule has 0 N–H and O–H groups in total.